The maximum absolute atomic E-state index is 15.9. The molecule has 56 heavy (non-hydrogen) atoms. The summed E-state index contributed by atoms with van der Waals surface area (Å²) >= 11 is 0. The molecule has 2 heterocycles. The first-order chi connectivity index (χ1) is 26.7. The van der Waals surface area contributed by atoms with Crippen LogP contribution in [0.5, 0.6) is 5.75 Å². The number of ether oxygens (including phenoxy) is 4. The molecule has 3 unspecified atom stereocenters. The number of imidazole rings is 1. The van der Waals surface area contributed by atoms with E-state index in [1.54, 1.807) is 54.8 Å². The zero-order chi connectivity index (χ0) is 40.6. The lowest BCUT2D eigenvalue weighted by atomic mass is 9.82. The van der Waals surface area contributed by atoms with Gasteiger partial charge in [-0.15, -0.1) is 6.58 Å². The lowest BCUT2D eigenvalue weighted by molar-refractivity contribution is -0.153. The number of likely N-dealkylation sites (tertiary alicyclic amines) is 1. The van der Waals surface area contributed by atoms with Crippen molar-refractivity contribution in [2.45, 2.75) is 46.1 Å². The van der Waals surface area contributed by atoms with Gasteiger partial charge in [-0.25, -0.2) is 27.3 Å². The van der Waals surface area contributed by atoms with Crippen LogP contribution < -0.4 is 4.74 Å². The van der Waals surface area contributed by atoms with Crippen LogP contribution in [0.3, 0.4) is 0 Å². The summed E-state index contributed by atoms with van der Waals surface area (Å²) in [6, 6.07) is 14.7. The molecule has 0 radical (unpaired) electrons. The summed E-state index contributed by atoms with van der Waals surface area (Å²) in [6.45, 7) is 6.88. The van der Waals surface area contributed by atoms with E-state index in [4.69, 9.17) is 23.9 Å². The molecule has 1 saturated heterocycles. The van der Waals surface area contributed by atoms with Crippen molar-refractivity contribution in [1.82, 2.24) is 19.4 Å². The highest BCUT2D eigenvalue weighted by molar-refractivity contribution is 5.80. The second kappa shape index (κ2) is 18.3. The third-order valence-electron chi connectivity index (χ3n) is 9.40. The summed E-state index contributed by atoms with van der Waals surface area (Å²) in [7, 11) is 1.41. The van der Waals surface area contributed by atoms with Crippen molar-refractivity contribution in [1.29, 1.82) is 0 Å². The Balaban J connectivity index is 1.58. The molecule has 5 rings (SSSR count). The number of carbonyl (C=O) groups excluding carboxylic acids is 3. The van der Waals surface area contributed by atoms with Gasteiger partial charge >= 0.3 is 12.1 Å². The first-order valence-corrected chi connectivity index (χ1v) is 17.8. The second-order valence-electron chi connectivity index (χ2n) is 14.1. The molecule has 2 amide bonds. The third kappa shape index (κ3) is 10.3. The van der Waals surface area contributed by atoms with Crippen molar-refractivity contribution in [3.05, 3.63) is 120 Å². The number of hydrogen-bond donors (Lipinski definition) is 0. The Bertz CT molecular complexity index is 2030. The number of alkyl halides is 1. The smallest absolute Gasteiger partial charge is 0.410 e. The van der Waals surface area contributed by atoms with Crippen molar-refractivity contribution in [3.8, 4) is 17.0 Å². The maximum Gasteiger partial charge on any atom is 0.410 e. The molecule has 0 spiro atoms. The quantitative estimate of drug-likeness (QED) is 0.0506. The van der Waals surface area contributed by atoms with E-state index in [0.29, 0.717) is 5.56 Å². The van der Waals surface area contributed by atoms with Gasteiger partial charge in [0.05, 0.1) is 18.3 Å². The van der Waals surface area contributed by atoms with E-state index in [1.165, 1.54) is 35.2 Å². The Kier molecular flexibility index (Phi) is 13.5. The molecular formula is C41H44F4N4O7. The van der Waals surface area contributed by atoms with Crippen molar-refractivity contribution in [2.24, 2.45) is 11.3 Å². The molecule has 0 aliphatic carbocycles. The summed E-state index contributed by atoms with van der Waals surface area (Å²) in [5.41, 5.74) is -0.169. The van der Waals surface area contributed by atoms with E-state index in [0.717, 1.165) is 30.7 Å². The van der Waals surface area contributed by atoms with Gasteiger partial charge in [0.25, 0.3) is 5.91 Å². The second-order valence-corrected chi connectivity index (χ2v) is 14.1. The maximum atomic E-state index is 15.9. The Morgan fingerprint density at radius 2 is 1.75 bits per heavy atom. The average Bonchev–Trinajstić information content (AvgIpc) is 3.75. The van der Waals surface area contributed by atoms with Crippen LogP contribution in [0.1, 0.15) is 43.8 Å². The van der Waals surface area contributed by atoms with Gasteiger partial charge in [0.15, 0.2) is 13.4 Å². The molecular weight excluding hydrogens is 736 g/mol. The summed E-state index contributed by atoms with van der Waals surface area (Å²) in [6.07, 6.45) is 0.664. The highest BCUT2D eigenvalue weighted by Gasteiger charge is 2.44. The number of benzene rings is 3. The van der Waals surface area contributed by atoms with Crippen LogP contribution in [0.15, 0.2) is 85.6 Å². The third-order valence-corrected chi connectivity index (χ3v) is 9.40. The molecule has 1 aromatic heterocycles. The lowest BCUT2D eigenvalue weighted by Crippen LogP contribution is -2.48. The Morgan fingerprint density at radius 1 is 1.00 bits per heavy atom. The normalized spacial score (nSPS) is 16.0. The summed E-state index contributed by atoms with van der Waals surface area (Å²) in [4.78, 5) is 46.4. The van der Waals surface area contributed by atoms with Crippen molar-refractivity contribution in [3.63, 3.8) is 0 Å². The summed E-state index contributed by atoms with van der Waals surface area (Å²) in [5, 5.41) is 0. The molecule has 11 nitrogen and oxygen atoms in total. The van der Waals surface area contributed by atoms with Gasteiger partial charge in [-0.3, -0.25) is 9.59 Å². The zero-order valence-corrected chi connectivity index (χ0v) is 31.6. The van der Waals surface area contributed by atoms with E-state index in [-0.39, 0.29) is 62.4 Å². The monoisotopic (exact) mass is 780 g/mol. The minimum Gasteiger partial charge on any atom is -0.467 e. The minimum atomic E-state index is -1.59. The lowest BCUT2D eigenvalue weighted by Gasteiger charge is -2.41. The van der Waals surface area contributed by atoms with E-state index in [2.05, 4.69) is 6.58 Å². The fraction of sp³-hybridized carbons (Fsp3) is 0.366. The van der Waals surface area contributed by atoms with Crippen molar-refractivity contribution >= 4 is 18.0 Å². The zero-order valence-electron chi connectivity index (χ0n) is 31.6. The molecule has 1 fully saturated rings. The first-order valence-electron chi connectivity index (χ1n) is 17.8. The number of carbonyl (C=O) groups is 3. The molecule has 0 N–H and O–H groups in total. The minimum absolute atomic E-state index is 0.0157. The fourth-order valence-electron chi connectivity index (χ4n) is 6.52. The highest BCUT2D eigenvalue weighted by Crippen LogP contribution is 2.42. The number of amides is 2. The van der Waals surface area contributed by atoms with Gasteiger partial charge in [-0.2, -0.15) is 0 Å². The molecule has 3 aromatic carbocycles. The number of nitrogens with zero attached hydrogens (tertiary/aromatic N) is 4. The van der Waals surface area contributed by atoms with Crippen LogP contribution in [-0.4, -0.2) is 83.6 Å². The fourth-order valence-corrected chi connectivity index (χ4v) is 6.52. The van der Waals surface area contributed by atoms with E-state index in [9.17, 15) is 23.2 Å². The van der Waals surface area contributed by atoms with Gasteiger partial charge in [0, 0.05) is 62.8 Å². The number of hydrogen-bond acceptors (Lipinski definition) is 8. The molecule has 15 heteroatoms. The van der Waals surface area contributed by atoms with Crippen molar-refractivity contribution in [2.75, 3.05) is 40.1 Å². The predicted molar refractivity (Wildman–Crippen MR) is 197 cm³/mol. The molecule has 0 saturated carbocycles. The molecule has 4 aromatic rings. The molecule has 1 aliphatic heterocycles. The van der Waals surface area contributed by atoms with Crippen LogP contribution in [0.2, 0.25) is 0 Å². The van der Waals surface area contributed by atoms with E-state index in [1.807, 2.05) is 6.07 Å². The molecule has 0 bridgehead atoms. The van der Waals surface area contributed by atoms with Crippen LogP contribution in [0.4, 0.5) is 22.4 Å². The van der Waals surface area contributed by atoms with Gasteiger partial charge in [-0.05, 0) is 41.5 Å². The van der Waals surface area contributed by atoms with Crippen LogP contribution in [0, 0.1) is 28.8 Å². The Hall–Kier alpha value is -5.70. The summed E-state index contributed by atoms with van der Waals surface area (Å²) < 4.78 is 83.1. The van der Waals surface area contributed by atoms with E-state index >= 15 is 8.78 Å². The number of esters is 1. The number of halogens is 4. The van der Waals surface area contributed by atoms with Crippen LogP contribution in [-0.2, 0) is 37.0 Å². The molecule has 1 aliphatic rings. The summed E-state index contributed by atoms with van der Waals surface area (Å²) in [5.74, 6) is -4.28. The average molecular weight is 781 g/mol. The van der Waals surface area contributed by atoms with Gasteiger partial charge < -0.3 is 33.3 Å². The SMILES string of the molecule is C=CC(C)(C)C(c1nc(-c2cc(F)ccc2F)cn1Cc1cc(F)cc(OCOC)c1)N(CC1CN(C(=O)OCc2ccccc2)CC1F)C(=O)COC(C)=O. The standard InChI is InChI=1S/C41H44F4N4O7/c1-6-41(3,4)38(49(37(51)24-54-26(2)50)20-29-19-48(21-35(29)45)40(52)55-23-27-10-8-7-9-11-27)39-46-36(33-17-30(42)12-13-34(33)44)22-47(39)18-28-14-31(43)16-32(15-28)56-25-53-5/h6-17,22,29,35,38H,1,18-21,23-25H2,2-5H3. The number of methoxy groups -OCH3 is 1. The Labute approximate surface area is 322 Å². The van der Waals surface area contributed by atoms with Crippen LogP contribution in [0.25, 0.3) is 11.3 Å². The molecule has 3 atom stereocenters. The van der Waals surface area contributed by atoms with Crippen LogP contribution >= 0.6 is 0 Å². The molecule has 298 valence electrons. The topological polar surface area (TPSA) is 112 Å². The van der Waals surface area contributed by atoms with Gasteiger partial charge in [0.2, 0.25) is 0 Å². The largest absolute Gasteiger partial charge is 0.467 e. The first kappa shape index (κ1) is 41.5. The Morgan fingerprint density at radius 3 is 2.45 bits per heavy atom. The number of aromatic nitrogens is 2. The van der Waals surface area contributed by atoms with Gasteiger partial charge in [0.1, 0.15) is 41.8 Å². The van der Waals surface area contributed by atoms with Gasteiger partial charge in [-0.1, -0.05) is 50.3 Å². The highest BCUT2D eigenvalue weighted by atomic mass is 19.1. The number of rotatable bonds is 16. The predicted octanol–water partition coefficient (Wildman–Crippen LogP) is 7.25. The van der Waals surface area contributed by atoms with E-state index < -0.39 is 65.6 Å². The van der Waals surface area contributed by atoms with Crippen molar-refractivity contribution < 1.29 is 50.9 Å².